The van der Waals surface area contributed by atoms with Gasteiger partial charge in [-0.2, -0.15) is 0 Å². The van der Waals surface area contributed by atoms with Gasteiger partial charge >= 0.3 is 0 Å². The molecule has 4 aromatic rings. The molecule has 0 amide bonds. The van der Waals surface area contributed by atoms with Gasteiger partial charge in [-0.05, 0) is 29.8 Å². The first-order chi connectivity index (χ1) is 12.9. The summed E-state index contributed by atoms with van der Waals surface area (Å²) < 4.78 is 0. The lowest BCUT2D eigenvalue weighted by molar-refractivity contribution is 1.04. The number of hydrogen-bond acceptors (Lipinski definition) is 8. The lowest BCUT2D eigenvalue weighted by Gasteiger charge is -2.08. The third-order valence-electron chi connectivity index (χ3n) is 3.50. The highest BCUT2D eigenvalue weighted by molar-refractivity contribution is 7.13. The maximum atomic E-state index is 4.58. The normalized spacial score (nSPS) is 9.71. The number of nitrogens with zero attached hydrogens (tertiary/aromatic N) is 5. The standard InChI is InChI=1S/C18H15N7S.2ClH/c1-3-14(17-19-9-10-26-17)24-16(4-1)25-15-6-5-13(11-22-15)12-23-18-20-7-2-8-21-18;;/h1-11H,12H2,(H,20,21,23)(H,22,24,25);2*1H. The smallest absolute Gasteiger partial charge is 0.222 e. The van der Waals surface area contributed by atoms with Crippen molar-refractivity contribution in [3.8, 4) is 10.7 Å². The third kappa shape index (κ3) is 5.59. The molecule has 0 radical (unpaired) electrons. The predicted molar refractivity (Wildman–Crippen MR) is 117 cm³/mol. The van der Waals surface area contributed by atoms with Crippen LogP contribution in [0, 0.1) is 0 Å². The van der Waals surface area contributed by atoms with Gasteiger partial charge in [-0.15, -0.1) is 36.2 Å². The number of halogens is 2. The Morgan fingerprint density at radius 1 is 0.821 bits per heavy atom. The number of rotatable bonds is 6. The maximum Gasteiger partial charge on any atom is 0.222 e. The number of aromatic nitrogens is 5. The largest absolute Gasteiger partial charge is 0.350 e. The van der Waals surface area contributed by atoms with Crippen LogP contribution in [-0.2, 0) is 6.54 Å². The Balaban J connectivity index is 0.00000140. The fourth-order valence-electron chi connectivity index (χ4n) is 2.28. The predicted octanol–water partition coefficient (Wildman–Crippen LogP) is 4.59. The van der Waals surface area contributed by atoms with Crippen molar-refractivity contribution in [1.82, 2.24) is 24.9 Å². The molecule has 7 nitrogen and oxygen atoms in total. The van der Waals surface area contributed by atoms with E-state index in [9.17, 15) is 0 Å². The van der Waals surface area contributed by atoms with E-state index in [0.29, 0.717) is 12.5 Å². The van der Waals surface area contributed by atoms with E-state index in [1.165, 1.54) is 0 Å². The molecule has 0 aliphatic rings. The summed E-state index contributed by atoms with van der Waals surface area (Å²) in [7, 11) is 0. The minimum Gasteiger partial charge on any atom is -0.350 e. The van der Waals surface area contributed by atoms with E-state index >= 15 is 0 Å². The summed E-state index contributed by atoms with van der Waals surface area (Å²) in [5, 5.41) is 9.20. The van der Waals surface area contributed by atoms with E-state index in [2.05, 4.69) is 35.6 Å². The molecule has 0 unspecified atom stereocenters. The average Bonchev–Trinajstić information content (AvgIpc) is 3.23. The fourth-order valence-corrected chi connectivity index (χ4v) is 2.89. The summed E-state index contributed by atoms with van der Waals surface area (Å²) in [5.41, 5.74) is 1.88. The molecule has 4 heterocycles. The molecule has 144 valence electrons. The zero-order valence-corrected chi connectivity index (χ0v) is 17.0. The minimum atomic E-state index is 0. The summed E-state index contributed by atoms with van der Waals surface area (Å²) in [6, 6.07) is 11.5. The van der Waals surface area contributed by atoms with E-state index in [-0.39, 0.29) is 24.8 Å². The fraction of sp³-hybridized carbons (Fsp3) is 0.0556. The molecule has 0 bridgehead atoms. The minimum absolute atomic E-state index is 0. The Bertz CT molecular complexity index is 967. The van der Waals surface area contributed by atoms with Crippen LogP contribution >= 0.6 is 36.2 Å². The number of thiazole rings is 1. The summed E-state index contributed by atoms with van der Waals surface area (Å²) in [6.07, 6.45) is 6.99. The van der Waals surface area contributed by atoms with Crippen molar-refractivity contribution >= 4 is 53.7 Å². The third-order valence-corrected chi connectivity index (χ3v) is 4.29. The maximum absolute atomic E-state index is 4.58. The first kappa shape index (κ1) is 21.5. The molecule has 0 saturated carbocycles. The molecule has 0 saturated heterocycles. The van der Waals surface area contributed by atoms with E-state index in [1.807, 2.05) is 41.9 Å². The Hall–Kier alpha value is -2.81. The van der Waals surface area contributed by atoms with Crippen molar-refractivity contribution in [3.63, 3.8) is 0 Å². The molecule has 10 heteroatoms. The number of pyridine rings is 2. The molecule has 0 aromatic carbocycles. The highest BCUT2D eigenvalue weighted by atomic mass is 35.5. The zero-order chi connectivity index (χ0) is 17.6. The van der Waals surface area contributed by atoms with Crippen LogP contribution in [0.2, 0.25) is 0 Å². The van der Waals surface area contributed by atoms with Crippen LogP contribution in [0.15, 0.2) is 66.6 Å². The molecular weight excluding hydrogens is 417 g/mol. The van der Waals surface area contributed by atoms with Gasteiger partial charge in [0.15, 0.2) is 0 Å². The summed E-state index contributed by atoms with van der Waals surface area (Å²) in [6.45, 7) is 0.606. The van der Waals surface area contributed by atoms with Crippen LogP contribution in [0.4, 0.5) is 17.6 Å². The van der Waals surface area contributed by atoms with Crippen LogP contribution in [0.3, 0.4) is 0 Å². The van der Waals surface area contributed by atoms with Gasteiger partial charge in [-0.3, -0.25) is 0 Å². The molecule has 0 atom stereocenters. The Labute approximate surface area is 178 Å². The van der Waals surface area contributed by atoms with Gasteiger partial charge in [0.2, 0.25) is 5.95 Å². The molecule has 0 fully saturated rings. The molecule has 0 aliphatic carbocycles. The second-order valence-corrected chi connectivity index (χ2v) is 6.24. The van der Waals surface area contributed by atoms with Gasteiger partial charge in [0.05, 0.1) is 0 Å². The number of hydrogen-bond donors (Lipinski definition) is 2. The Kier molecular flexibility index (Phi) is 8.06. The number of anilines is 3. The summed E-state index contributed by atoms with van der Waals surface area (Å²) >= 11 is 1.56. The first-order valence-electron chi connectivity index (χ1n) is 7.96. The molecule has 0 spiro atoms. The van der Waals surface area contributed by atoms with Crippen molar-refractivity contribution in [2.75, 3.05) is 10.6 Å². The summed E-state index contributed by atoms with van der Waals surface area (Å²) in [5.74, 6) is 2.06. The van der Waals surface area contributed by atoms with E-state index < -0.39 is 0 Å². The zero-order valence-electron chi connectivity index (χ0n) is 14.5. The molecular formula is C18H17Cl2N7S. The first-order valence-corrected chi connectivity index (χ1v) is 8.84. The lowest BCUT2D eigenvalue weighted by Crippen LogP contribution is -2.04. The highest BCUT2D eigenvalue weighted by Gasteiger charge is 2.04. The SMILES string of the molecule is Cl.Cl.c1cnc(NCc2ccc(Nc3cccc(-c4nccs4)n3)nc2)nc1. The van der Waals surface area contributed by atoms with Crippen LogP contribution in [0.1, 0.15) is 5.56 Å². The van der Waals surface area contributed by atoms with Crippen molar-refractivity contribution in [1.29, 1.82) is 0 Å². The molecule has 4 aromatic heterocycles. The second-order valence-electron chi connectivity index (χ2n) is 5.35. The highest BCUT2D eigenvalue weighted by Crippen LogP contribution is 2.22. The van der Waals surface area contributed by atoms with E-state index in [4.69, 9.17) is 0 Å². The van der Waals surface area contributed by atoms with Crippen molar-refractivity contribution in [3.05, 3.63) is 72.1 Å². The van der Waals surface area contributed by atoms with E-state index in [0.717, 1.165) is 27.9 Å². The van der Waals surface area contributed by atoms with Gasteiger partial charge in [-0.25, -0.2) is 24.9 Å². The second kappa shape index (κ2) is 10.5. The number of nitrogens with one attached hydrogen (secondary N) is 2. The van der Waals surface area contributed by atoms with Crippen LogP contribution in [-0.4, -0.2) is 24.9 Å². The lowest BCUT2D eigenvalue weighted by atomic mass is 10.3. The van der Waals surface area contributed by atoms with Crippen molar-refractivity contribution in [2.24, 2.45) is 0 Å². The van der Waals surface area contributed by atoms with Crippen molar-refractivity contribution < 1.29 is 0 Å². The van der Waals surface area contributed by atoms with Gasteiger partial charge in [0.25, 0.3) is 0 Å². The van der Waals surface area contributed by atoms with Gasteiger partial charge < -0.3 is 10.6 Å². The van der Waals surface area contributed by atoms with E-state index in [1.54, 1.807) is 36.0 Å². The molecule has 2 N–H and O–H groups in total. The Morgan fingerprint density at radius 2 is 1.68 bits per heavy atom. The van der Waals surface area contributed by atoms with Gasteiger partial charge in [0.1, 0.15) is 22.3 Å². The Morgan fingerprint density at radius 3 is 2.39 bits per heavy atom. The van der Waals surface area contributed by atoms with Crippen LogP contribution in [0.25, 0.3) is 10.7 Å². The quantitative estimate of drug-likeness (QED) is 0.459. The van der Waals surface area contributed by atoms with Gasteiger partial charge in [0, 0.05) is 36.7 Å². The van der Waals surface area contributed by atoms with Crippen molar-refractivity contribution in [2.45, 2.75) is 6.54 Å². The summed E-state index contributed by atoms with van der Waals surface area (Å²) in [4.78, 5) is 21.6. The molecule has 0 aliphatic heterocycles. The monoisotopic (exact) mass is 433 g/mol. The average molecular weight is 434 g/mol. The van der Waals surface area contributed by atoms with Crippen LogP contribution < -0.4 is 10.6 Å². The molecule has 28 heavy (non-hydrogen) atoms. The topological polar surface area (TPSA) is 88.5 Å². The molecule has 4 rings (SSSR count). The van der Waals surface area contributed by atoms with Gasteiger partial charge in [-0.1, -0.05) is 12.1 Å². The van der Waals surface area contributed by atoms with Crippen LogP contribution in [0.5, 0.6) is 0 Å².